The molecule has 0 bridgehead atoms. The SMILES string of the molecule is Nc1ccccc1NC(=O)c1ccc(CNC(=O)OCc2ccc(C3C[C@@H]3NC3CCC3)cc2)cc1. The Labute approximate surface area is 211 Å². The minimum Gasteiger partial charge on any atom is -0.445 e. The van der Waals surface area contributed by atoms with Crippen LogP contribution in [0.5, 0.6) is 0 Å². The minimum atomic E-state index is -0.479. The number of carbonyl (C=O) groups is 2. The largest absolute Gasteiger partial charge is 0.445 e. The first-order chi connectivity index (χ1) is 17.5. The number of nitrogens with two attached hydrogens (primary N) is 1. The zero-order valence-electron chi connectivity index (χ0n) is 20.2. The molecule has 2 atom stereocenters. The lowest BCUT2D eigenvalue weighted by atomic mass is 9.93. The van der Waals surface area contributed by atoms with E-state index in [2.05, 4.69) is 28.1 Å². The molecule has 186 valence electrons. The third-order valence-electron chi connectivity index (χ3n) is 6.99. The van der Waals surface area contributed by atoms with Crippen molar-refractivity contribution in [2.45, 2.75) is 56.8 Å². The van der Waals surface area contributed by atoms with E-state index >= 15 is 0 Å². The van der Waals surface area contributed by atoms with Crippen molar-refractivity contribution >= 4 is 23.4 Å². The van der Waals surface area contributed by atoms with Crippen LogP contribution in [0.25, 0.3) is 0 Å². The molecule has 0 heterocycles. The Morgan fingerprint density at radius 1 is 0.917 bits per heavy atom. The molecule has 2 aliphatic carbocycles. The summed E-state index contributed by atoms with van der Waals surface area (Å²) in [6, 6.07) is 23.8. The van der Waals surface area contributed by atoms with Crippen LogP contribution in [-0.4, -0.2) is 24.1 Å². The predicted octanol–water partition coefficient (Wildman–Crippen LogP) is 4.95. The summed E-state index contributed by atoms with van der Waals surface area (Å²) in [4.78, 5) is 24.6. The number of carbonyl (C=O) groups excluding carboxylic acids is 2. The number of anilines is 2. The zero-order valence-corrected chi connectivity index (χ0v) is 20.2. The molecule has 0 radical (unpaired) electrons. The monoisotopic (exact) mass is 484 g/mol. The van der Waals surface area contributed by atoms with Crippen LogP contribution in [0.15, 0.2) is 72.8 Å². The Hall–Kier alpha value is -3.84. The number of alkyl carbamates (subject to hydrolysis) is 1. The average Bonchev–Trinajstić information content (AvgIpc) is 3.65. The average molecular weight is 485 g/mol. The fourth-order valence-electron chi connectivity index (χ4n) is 4.44. The second-order valence-electron chi connectivity index (χ2n) is 9.65. The molecule has 0 saturated heterocycles. The maximum atomic E-state index is 12.4. The summed E-state index contributed by atoms with van der Waals surface area (Å²) in [5.74, 6) is 0.363. The molecule has 5 N–H and O–H groups in total. The maximum Gasteiger partial charge on any atom is 0.407 e. The molecule has 36 heavy (non-hydrogen) atoms. The van der Waals surface area contributed by atoms with Crippen LogP contribution in [0.3, 0.4) is 0 Å². The van der Waals surface area contributed by atoms with Crippen molar-refractivity contribution in [3.63, 3.8) is 0 Å². The molecular formula is C29H32N4O3. The van der Waals surface area contributed by atoms with Crippen LogP contribution in [0.2, 0.25) is 0 Å². The van der Waals surface area contributed by atoms with Crippen molar-refractivity contribution in [3.05, 3.63) is 95.1 Å². The van der Waals surface area contributed by atoms with Gasteiger partial charge in [0.05, 0.1) is 11.4 Å². The standard InChI is InChI=1S/C29H32N4O3/c30-25-6-1-2-7-26(25)33-28(34)22-14-8-19(9-15-22)17-31-29(35)36-18-20-10-12-21(13-11-20)24-16-27(24)32-23-4-3-5-23/h1-2,6-15,23-24,27,32H,3-5,16-18,30H2,(H,31,35)(H,33,34)/t24?,27-/m0/s1. The van der Waals surface area contributed by atoms with E-state index in [0.717, 1.165) is 17.2 Å². The van der Waals surface area contributed by atoms with Gasteiger partial charge >= 0.3 is 6.09 Å². The van der Waals surface area contributed by atoms with Crippen molar-refractivity contribution < 1.29 is 14.3 Å². The third-order valence-corrected chi connectivity index (χ3v) is 6.99. The smallest absolute Gasteiger partial charge is 0.407 e. The number of para-hydroxylation sites is 2. The first-order valence-electron chi connectivity index (χ1n) is 12.6. The summed E-state index contributed by atoms with van der Waals surface area (Å²) >= 11 is 0. The van der Waals surface area contributed by atoms with Crippen LogP contribution in [-0.2, 0) is 17.9 Å². The summed E-state index contributed by atoms with van der Waals surface area (Å²) in [6.07, 6.45) is 4.71. The number of ether oxygens (including phenoxy) is 1. The van der Waals surface area contributed by atoms with Crippen molar-refractivity contribution in [3.8, 4) is 0 Å². The van der Waals surface area contributed by atoms with Gasteiger partial charge in [-0.1, -0.05) is 55.0 Å². The fourth-order valence-corrected chi connectivity index (χ4v) is 4.44. The number of nitrogen functional groups attached to an aromatic ring is 1. The molecule has 1 unspecified atom stereocenters. The van der Waals surface area contributed by atoms with Crippen molar-refractivity contribution in [2.24, 2.45) is 0 Å². The highest BCUT2D eigenvalue weighted by Gasteiger charge is 2.40. The van der Waals surface area contributed by atoms with E-state index in [1.807, 2.05) is 24.3 Å². The maximum absolute atomic E-state index is 12.4. The van der Waals surface area contributed by atoms with E-state index in [0.29, 0.717) is 35.4 Å². The third kappa shape index (κ3) is 6.04. The van der Waals surface area contributed by atoms with Gasteiger partial charge in [-0.25, -0.2) is 4.79 Å². The summed E-state index contributed by atoms with van der Waals surface area (Å²) in [5.41, 5.74) is 10.6. The van der Waals surface area contributed by atoms with Crippen LogP contribution in [0, 0.1) is 0 Å². The van der Waals surface area contributed by atoms with Gasteiger partial charge in [0, 0.05) is 30.1 Å². The molecule has 2 fully saturated rings. The highest BCUT2D eigenvalue weighted by Crippen LogP contribution is 2.42. The molecule has 2 aliphatic rings. The Bertz CT molecular complexity index is 1210. The zero-order chi connectivity index (χ0) is 24.9. The van der Waals surface area contributed by atoms with Gasteiger partial charge < -0.3 is 26.4 Å². The van der Waals surface area contributed by atoms with Crippen molar-refractivity contribution in [2.75, 3.05) is 11.1 Å². The first-order valence-corrected chi connectivity index (χ1v) is 12.6. The molecule has 0 spiro atoms. The van der Waals surface area contributed by atoms with E-state index in [4.69, 9.17) is 10.5 Å². The van der Waals surface area contributed by atoms with Gasteiger partial charge in [0.1, 0.15) is 6.61 Å². The Morgan fingerprint density at radius 2 is 1.64 bits per heavy atom. The lowest BCUT2D eigenvalue weighted by molar-refractivity contribution is 0.102. The minimum absolute atomic E-state index is 0.224. The molecule has 3 aromatic carbocycles. The molecule has 2 amide bonds. The first kappa shape index (κ1) is 23.9. The predicted molar refractivity (Wildman–Crippen MR) is 141 cm³/mol. The van der Waals surface area contributed by atoms with E-state index in [9.17, 15) is 9.59 Å². The van der Waals surface area contributed by atoms with Gasteiger partial charge in [-0.05, 0) is 60.2 Å². The van der Waals surface area contributed by atoms with Crippen LogP contribution in [0.4, 0.5) is 16.2 Å². The Kier molecular flexibility index (Phi) is 7.18. The second-order valence-corrected chi connectivity index (χ2v) is 9.65. The quantitative estimate of drug-likeness (QED) is 0.322. The number of rotatable bonds is 9. The normalized spacial score (nSPS) is 18.7. The molecule has 7 heteroatoms. The highest BCUT2D eigenvalue weighted by molar-refractivity contribution is 6.05. The van der Waals surface area contributed by atoms with Gasteiger partial charge in [0.25, 0.3) is 5.91 Å². The Morgan fingerprint density at radius 3 is 2.33 bits per heavy atom. The summed E-state index contributed by atoms with van der Waals surface area (Å²) in [7, 11) is 0. The van der Waals surface area contributed by atoms with E-state index in [1.54, 1.807) is 36.4 Å². The van der Waals surface area contributed by atoms with Gasteiger partial charge in [-0.3, -0.25) is 4.79 Å². The summed E-state index contributed by atoms with van der Waals surface area (Å²) < 4.78 is 5.36. The molecule has 0 aliphatic heterocycles. The van der Waals surface area contributed by atoms with Gasteiger partial charge in [-0.2, -0.15) is 0 Å². The number of nitrogens with one attached hydrogen (secondary N) is 3. The molecular weight excluding hydrogens is 452 g/mol. The number of benzene rings is 3. The summed E-state index contributed by atoms with van der Waals surface area (Å²) in [6.45, 7) is 0.532. The number of hydrogen-bond donors (Lipinski definition) is 4. The summed E-state index contributed by atoms with van der Waals surface area (Å²) in [5, 5.41) is 9.29. The topological polar surface area (TPSA) is 105 Å². The van der Waals surface area contributed by atoms with E-state index in [1.165, 1.54) is 31.2 Å². The second kappa shape index (κ2) is 10.8. The lowest BCUT2D eigenvalue weighted by Gasteiger charge is -2.26. The van der Waals surface area contributed by atoms with Crippen LogP contribution < -0.4 is 21.7 Å². The highest BCUT2D eigenvalue weighted by atomic mass is 16.5. The molecule has 7 nitrogen and oxygen atoms in total. The van der Waals surface area contributed by atoms with Crippen molar-refractivity contribution in [1.29, 1.82) is 0 Å². The molecule has 0 aromatic heterocycles. The lowest BCUT2D eigenvalue weighted by Crippen LogP contribution is -2.37. The van der Waals surface area contributed by atoms with Crippen LogP contribution in [0.1, 0.15) is 58.6 Å². The van der Waals surface area contributed by atoms with E-state index in [-0.39, 0.29) is 12.5 Å². The van der Waals surface area contributed by atoms with Crippen molar-refractivity contribution in [1.82, 2.24) is 10.6 Å². The Balaban J connectivity index is 1.03. The molecule has 3 aromatic rings. The van der Waals surface area contributed by atoms with Gasteiger partial charge in [0.15, 0.2) is 0 Å². The molecule has 2 saturated carbocycles. The van der Waals surface area contributed by atoms with Gasteiger partial charge in [0.2, 0.25) is 0 Å². The van der Waals surface area contributed by atoms with Crippen LogP contribution >= 0.6 is 0 Å². The fraction of sp³-hybridized carbons (Fsp3) is 0.310. The number of amides is 2. The van der Waals surface area contributed by atoms with E-state index < -0.39 is 6.09 Å². The molecule has 5 rings (SSSR count). The number of hydrogen-bond acceptors (Lipinski definition) is 5. The van der Waals surface area contributed by atoms with Gasteiger partial charge in [-0.15, -0.1) is 0 Å².